The van der Waals surface area contributed by atoms with Crippen LogP contribution in [-0.4, -0.2) is 39.6 Å². The van der Waals surface area contributed by atoms with Crippen molar-refractivity contribution < 1.29 is 27.1 Å². The number of methoxy groups -OCH3 is 1. The molecule has 0 spiro atoms. The van der Waals surface area contributed by atoms with Gasteiger partial charge in [0.1, 0.15) is 11.6 Å². The Hall–Kier alpha value is -2.94. The second kappa shape index (κ2) is 6.41. The first kappa shape index (κ1) is 17.9. The predicted molar refractivity (Wildman–Crippen MR) is 92.4 cm³/mol. The molecule has 0 aromatic heterocycles. The Labute approximate surface area is 149 Å². The van der Waals surface area contributed by atoms with Gasteiger partial charge in [0.25, 0.3) is 11.8 Å². The van der Waals surface area contributed by atoms with Crippen molar-refractivity contribution in [2.75, 3.05) is 24.4 Å². The normalized spacial score (nSPS) is 18.2. The lowest BCUT2D eigenvalue weighted by molar-refractivity contribution is -0.124. The fourth-order valence-electron chi connectivity index (χ4n) is 2.67. The SMILES string of the molecule is COc1ccc2c(c1)S(=O)(=O)C(C(=O)Nc1ccc(F)cc1)C(=O)N2C. The summed E-state index contributed by atoms with van der Waals surface area (Å²) in [6.07, 6.45) is 0. The number of benzene rings is 2. The van der Waals surface area contributed by atoms with Gasteiger partial charge in [-0.3, -0.25) is 9.59 Å². The minimum absolute atomic E-state index is 0.168. The minimum atomic E-state index is -4.28. The number of anilines is 2. The van der Waals surface area contributed by atoms with Gasteiger partial charge in [0.2, 0.25) is 15.1 Å². The predicted octanol–water partition coefficient (Wildman–Crippen LogP) is 1.59. The molecule has 1 atom stereocenters. The second-order valence-electron chi connectivity index (χ2n) is 5.65. The number of fused-ring (bicyclic) bond motifs is 1. The first-order valence-electron chi connectivity index (χ1n) is 7.51. The van der Waals surface area contributed by atoms with Gasteiger partial charge >= 0.3 is 0 Å². The molecule has 2 aromatic rings. The molecular formula is C17H15FN2O5S. The first-order chi connectivity index (χ1) is 12.3. The number of hydrogen-bond acceptors (Lipinski definition) is 5. The number of nitrogens with zero attached hydrogens (tertiary/aromatic N) is 1. The molecule has 3 rings (SSSR count). The summed E-state index contributed by atoms with van der Waals surface area (Å²) >= 11 is 0. The Kier molecular flexibility index (Phi) is 4.41. The number of amides is 2. The molecule has 1 aliphatic rings. The van der Waals surface area contributed by atoms with E-state index in [0.29, 0.717) is 0 Å². The van der Waals surface area contributed by atoms with E-state index in [1.807, 2.05) is 0 Å². The Balaban J connectivity index is 2.02. The quantitative estimate of drug-likeness (QED) is 0.819. The third-order valence-electron chi connectivity index (χ3n) is 4.05. The van der Waals surface area contributed by atoms with Crippen LogP contribution < -0.4 is 15.0 Å². The number of carbonyl (C=O) groups is 2. The Bertz CT molecular complexity index is 989. The van der Waals surface area contributed by atoms with E-state index in [2.05, 4.69) is 5.32 Å². The zero-order chi connectivity index (χ0) is 19.1. The minimum Gasteiger partial charge on any atom is -0.497 e. The summed E-state index contributed by atoms with van der Waals surface area (Å²) < 4.78 is 43.8. The van der Waals surface area contributed by atoms with E-state index in [1.54, 1.807) is 0 Å². The summed E-state index contributed by atoms with van der Waals surface area (Å²) in [5.74, 6) is -2.11. The molecular weight excluding hydrogens is 363 g/mol. The molecule has 2 aromatic carbocycles. The highest BCUT2D eigenvalue weighted by Gasteiger charge is 2.48. The van der Waals surface area contributed by atoms with Crippen LogP contribution in [0, 0.1) is 5.82 Å². The molecule has 0 saturated heterocycles. The monoisotopic (exact) mass is 378 g/mol. The highest BCUT2D eigenvalue weighted by atomic mass is 32.2. The Morgan fingerprint density at radius 2 is 1.85 bits per heavy atom. The number of rotatable bonds is 3. The number of sulfone groups is 1. The fourth-order valence-corrected chi connectivity index (χ4v) is 4.47. The molecule has 7 nitrogen and oxygen atoms in total. The molecule has 2 amide bonds. The molecule has 0 radical (unpaired) electrons. The van der Waals surface area contributed by atoms with Crippen LogP contribution in [0.4, 0.5) is 15.8 Å². The van der Waals surface area contributed by atoms with Crippen molar-refractivity contribution in [3.05, 3.63) is 48.3 Å². The summed E-state index contributed by atoms with van der Waals surface area (Å²) in [6, 6.07) is 9.00. The molecule has 0 saturated carbocycles. The highest BCUT2D eigenvalue weighted by molar-refractivity contribution is 7.94. The zero-order valence-corrected chi connectivity index (χ0v) is 14.7. The maximum atomic E-state index is 13.0. The lowest BCUT2D eigenvalue weighted by Gasteiger charge is -2.30. The molecule has 9 heteroatoms. The van der Waals surface area contributed by atoms with Crippen molar-refractivity contribution in [1.29, 1.82) is 0 Å². The van der Waals surface area contributed by atoms with Crippen LogP contribution in [0.3, 0.4) is 0 Å². The molecule has 1 heterocycles. The number of hydrogen-bond donors (Lipinski definition) is 1. The van der Waals surface area contributed by atoms with Crippen LogP contribution in [0.1, 0.15) is 0 Å². The van der Waals surface area contributed by atoms with Crippen molar-refractivity contribution in [2.45, 2.75) is 10.1 Å². The number of ether oxygens (including phenoxy) is 1. The van der Waals surface area contributed by atoms with Crippen LogP contribution in [0.2, 0.25) is 0 Å². The number of halogens is 1. The molecule has 0 fully saturated rings. The molecule has 1 unspecified atom stereocenters. The molecule has 1 aliphatic heterocycles. The molecule has 0 bridgehead atoms. The first-order valence-corrected chi connectivity index (χ1v) is 9.06. The van der Waals surface area contributed by atoms with Gasteiger partial charge in [-0.25, -0.2) is 12.8 Å². The topological polar surface area (TPSA) is 92.8 Å². The van der Waals surface area contributed by atoms with Gasteiger partial charge in [0.15, 0.2) is 0 Å². The van der Waals surface area contributed by atoms with E-state index in [1.165, 1.54) is 44.5 Å². The summed E-state index contributed by atoms with van der Waals surface area (Å²) in [5.41, 5.74) is 0.347. The highest BCUT2D eigenvalue weighted by Crippen LogP contribution is 2.36. The van der Waals surface area contributed by atoms with Crippen molar-refractivity contribution in [3.63, 3.8) is 0 Å². The van der Waals surface area contributed by atoms with E-state index in [4.69, 9.17) is 4.74 Å². The third-order valence-corrected chi connectivity index (χ3v) is 6.03. The van der Waals surface area contributed by atoms with Gasteiger partial charge in [0, 0.05) is 18.8 Å². The van der Waals surface area contributed by atoms with Crippen LogP contribution >= 0.6 is 0 Å². The summed E-state index contributed by atoms with van der Waals surface area (Å²) in [5, 5.41) is 0.394. The van der Waals surface area contributed by atoms with Gasteiger partial charge in [-0.05, 0) is 36.4 Å². The molecule has 1 N–H and O–H groups in total. The van der Waals surface area contributed by atoms with E-state index in [0.717, 1.165) is 17.0 Å². The molecule has 136 valence electrons. The van der Waals surface area contributed by atoms with Gasteiger partial charge in [0.05, 0.1) is 17.7 Å². The standard InChI is InChI=1S/C17H15FN2O5S/c1-20-13-8-7-12(25-2)9-14(13)26(23,24)15(17(20)22)16(21)19-11-5-3-10(18)4-6-11/h3-9,15H,1-2H3,(H,19,21). The van der Waals surface area contributed by atoms with Crippen molar-refractivity contribution in [3.8, 4) is 5.75 Å². The van der Waals surface area contributed by atoms with Gasteiger partial charge in [-0.15, -0.1) is 0 Å². The number of carbonyl (C=O) groups excluding carboxylic acids is 2. The van der Waals surface area contributed by atoms with E-state index >= 15 is 0 Å². The van der Waals surface area contributed by atoms with E-state index < -0.39 is 32.7 Å². The van der Waals surface area contributed by atoms with Crippen molar-refractivity contribution in [1.82, 2.24) is 0 Å². The maximum Gasteiger partial charge on any atom is 0.255 e. The summed E-state index contributed by atoms with van der Waals surface area (Å²) in [6.45, 7) is 0. The van der Waals surface area contributed by atoms with Gasteiger partial charge in [-0.2, -0.15) is 0 Å². The van der Waals surface area contributed by atoms with E-state index in [-0.39, 0.29) is 22.0 Å². The summed E-state index contributed by atoms with van der Waals surface area (Å²) in [7, 11) is -1.51. The van der Waals surface area contributed by atoms with Crippen LogP contribution in [0.25, 0.3) is 0 Å². The lowest BCUT2D eigenvalue weighted by atomic mass is 10.2. The van der Waals surface area contributed by atoms with Crippen molar-refractivity contribution >= 4 is 33.0 Å². The summed E-state index contributed by atoms with van der Waals surface area (Å²) in [4.78, 5) is 26.0. The van der Waals surface area contributed by atoms with Crippen LogP contribution in [0.5, 0.6) is 5.75 Å². The second-order valence-corrected chi connectivity index (χ2v) is 7.65. The molecule has 0 aliphatic carbocycles. The van der Waals surface area contributed by atoms with Gasteiger partial charge in [-0.1, -0.05) is 0 Å². The van der Waals surface area contributed by atoms with Gasteiger partial charge < -0.3 is 15.0 Å². The average molecular weight is 378 g/mol. The third kappa shape index (κ3) is 2.90. The zero-order valence-electron chi connectivity index (χ0n) is 13.9. The average Bonchev–Trinajstić information content (AvgIpc) is 2.61. The van der Waals surface area contributed by atoms with E-state index in [9.17, 15) is 22.4 Å². The van der Waals surface area contributed by atoms with Crippen LogP contribution in [-0.2, 0) is 19.4 Å². The Morgan fingerprint density at radius 1 is 1.19 bits per heavy atom. The smallest absolute Gasteiger partial charge is 0.255 e. The Morgan fingerprint density at radius 3 is 2.46 bits per heavy atom. The molecule has 26 heavy (non-hydrogen) atoms. The van der Waals surface area contributed by atoms with Crippen molar-refractivity contribution in [2.24, 2.45) is 0 Å². The maximum absolute atomic E-state index is 13.0. The van der Waals surface area contributed by atoms with Crippen LogP contribution in [0.15, 0.2) is 47.4 Å². The lowest BCUT2D eigenvalue weighted by Crippen LogP contribution is -2.51. The number of nitrogens with one attached hydrogen (secondary N) is 1. The fraction of sp³-hybridized carbons (Fsp3) is 0.176. The largest absolute Gasteiger partial charge is 0.497 e.